The van der Waals surface area contributed by atoms with Crippen LogP contribution in [0.2, 0.25) is 0 Å². The van der Waals surface area contributed by atoms with Crippen LogP contribution < -0.4 is 0 Å². The van der Waals surface area contributed by atoms with E-state index in [2.05, 4.69) is 24.9 Å². The number of benzene rings is 1. The minimum atomic E-state index is -0.681. The van der Waals surface area contributed by atoms with Gasteiger partial charge in [0.25, 0.3) is 0 Å². The maximum Gasteiger partial charge on any atom is 0.198 e. The van der Waals surface area contributed by atoms with Gasteiger partial charge in [0.05, 0.1) is 0 Å². The first-order valence-electron chi connectivity index (χ1n) is 7.27. The molecule has 1 aliphatic carbocycles. The van der Waals surface area contributed by atoms with Gasteiger partial charge in [-0.05, 0) is 35.1 Å². The number of pyridine rings is 1. The number of nitrogens with zero attached hydrogens (tertiary/aromatic N) is 1. The van der Waals surface area contributed by atoms with Gasteiger partial charge in [0.15, 0.2) is 11.4 Å². The zero-order chi connectivity index (χ0) is 14.7. The molecule has 1 spiro atoms. The highest BCUT2D eigenvalue weighted by molar-refractivity contribution is 6.07. The molecule has 2 heterocycles. The van der Waals surface area contributed by atoms with E-state index in [9.17, 15) is 4.79 Å². The van der Waals surface area contributed by atoms with E-state index < -0.39 is 5.60 Å². The Morgan fingerprint density at radius 3 is 2.62 bits per heavy atom. The monoisotopic (exact) mass is 279 g/mol. The number of fused-ring (bicyclic) bond motifs is 1. The van der Waals surface area contributed by atoms with Crippen LogP contribution in [0.1, 0.15) is 47.9 Å². The topological polar surface area (TPSA) is 42.5 Å². The van der Waals surface area contributed by atoms with E-state index >= 15 is 0 Å². The lowest BCUT2D eigenvalue weighted by Crippen LogP contribution is -2.40. The maximum absolute atomic E-state index is 12.9. The minimum Gasteiger partial charge on any atom is -0.352 e. The fraction of sp³-hybridized carbons (Fsp3) is 0.333. The zero-order valence-electron chi connectivity index (χ0n) is 12.2. The summed E-state index contributed by atoms with van der Waals surface area (Å²) in [5, 5.41) is 0. The summed E-state index contributed by atoms with van der Waals surface area (Å²) in [5.41, 5.74) is 2.23. The summed E-state index contributed by atoms with van der Waals surface area (Å²) in [5.74, 6) is 0.124. The lowest BCUT2D eigenvalue weighted by Gasteiger charge is -2.35. The van der Waals surface area contributed by atoms with Crippen molar-refractivity contribution < 1.29 is 9.53 Å². The molecule has 21 heavy (non-hydrogen) atoms. The second-order valence-electron chi connectivity index (χ2n) is 6.60. The average Bonchev–Trinajstić information content (AvgIpc) is 3.21. The molecule has 1 fully saturated rings. The number of carbonyl (C=O) groups is 1. The quantitative estimate of drug-likeness (QED) is 0.751. The second kappa shape index (κ2) is 4.01. The number of carbonyl (C=O) groups excluding carboxylic acids is 1. The van der Waals surface area contributed by atoms with Gasteiger partial charge in [-0.25, -0.2) is 0 Å². The van der Waals surface area contributed by atoms with Crippen molar-refractivity contribution in [3.63, 3.8) is 0 Å². The van der Waals surface area contributed by atoms with Crippen LogP contribution in [0.5, 0.6) is 0 Å². The van der Waals surface area contributed by atoms with Crippen LogP contribution in [0.15, 0.2) is 48.8 Å². The third-order valence-electron chi connectivity index (χ3n) is 4.69. The van der Waals surface area contributed by atoms with Crippen molar-refractivity contribution in [2.45, 2.75) is 37.4 Å². The minimum absolute atomic E-state index is 0.0632. The number of hydrogen-bond acceptors (Lipinski definition) is 3. The third-order valence-corrected chi connectivity index (χ3v) is 4.69. The van der Waals surface area contributed by atoms with Crippen LogP contribution in [0, 0.1) is 0 Å². The van der Waals surface area contributed by atoms with Gasteiger partial charge < -0.3 is 4.74 Å². The molecule has 0 amide bonds. The van der Waals surface area contributed by atoms with Crippen molar-refractivity contribution in [2.24, 2.45) is 0 Å². The molecule has 1 saturated heterocycles. The SMILES string of the molecule is CC1(C)C[C@]2(O[C@@H]2c2ccncc2)C(=O)c2ccccc21. The number of ether oxygens (including phenoxy) is 1. The van der Waals surface area contributed by atoms with Crippen molar-refractivity contribution in [1.29, 1.82) is 0 Å². The molecule has 0 N–H and O–H groups in total. The molecule has 1 aromatic heterocycles. The lowest BCUT2D eigenvalue weighted by molar-refractivity contribution is 0.0812. The van der Waals surface area contributed by atoms with Crippen LogP contribution >= 0.6 is 0 Å². The Bertz CT molecular complexity index is 723. The van der Waals surface area contributed by atoms with Gasteiger partial charge in [0.1, 0.15) is 6.10 Å². The molecule has 2 aromatic rings. The van der Waals surface area contributed by atoms with E-state index in [1.165, 1.54) is 0 Å². The summed E-state index contributed by atoms with van der Waals surface area (Å²) in [7, 11) is 0. The van der Waals surface area contributed by atoms with E-state index in [-0.39, 0.29) is 17.3 Å². The highest BCUT2D eigenvalue weighted by atomic mass is 16.6. The van der Waals surface area contributed by atoms with E-state index in [1.807, 2.05) is 30.3 Å². The lowest BCUT2D eigenvalue weighted by atomic mass is 9.66. The number of aromatic nitrogens is 1. The van der Waals surface area contributed by atoms with Gasteiger partial charge in [-0.15, -0.1) is 0 Å². The second-order valence-corrected chi connectivity index (χ2v) is 6.60. The van der Waals surface area contributed by atoms with Gasteiger partial charge in [-0.2, -0.15) is 0 Å². The molecular formula is C18H17NO2. The Hall–Kier alpha value is -2.00. The third kappa shape index (κ3) is 1.70. The molecule has 0 unspecified atom stereocenters. The molecule has 1 aliphatic heterocycles. The summed E-state index contributed by atoms with van der Waals surface area (Å²) < 4.78 is 5.96. The maximum atomic E-state index is 12.9. The molecule has 106 valence electrons. The van der Waals surface area contributed by atoms with E-state index in [1.54, 1.807) is 12.4 Å². The Balaban J connectivity index is 1.79. The molecule has 1 aromatic carbocycles. The number of Topliss-reactive ketones (excluding diaryl/α,β-unsaturated/α-hetero) is 1. The van der Waals surface area contributed by atoms with Gasteiger partial charge in [0.2, 0.25) is 0 Å². The first-order chi connectivity index (χ1) is 10.0. The molecule has 3 nitrogen and oxygen atoms in total. The van der Waals surface area contributed by atoms with Crippen molar-refractivity contribution in [1.82, 2.24) is 4.98 Å². The Labute approximate surface area is 124 Å². The number of rotatable bonds is 1. The molecule has 2 atom stereocenters. The highest BCUT2D eigenvalue weighted by Crippen LogP contribution is 2.60. The average molecular weight is 279 g/mol. The highest BCUT2D eigenvalue weighted by Gasteiger charge is 2.66. The Morgan fingerprint density at radius 1 is 1.14 bits per heavy atom. The van der Waals surface area contributed by atoms with Crippen LogP contribution in [-0.2, 0) is 10.2 Å². The van der Waals surface area contributed by atoms with Gasteiger partial charge in [-0.1, -0.05) is 38.1 Å². The first kappa shape index (κ1) is 12.7. The molecule has 2 aliphatic rings. The zero-order valence-corrected chi connectivity index (χ0v) is 12.2. The van der Waals surface area contributed by atoms with E-state index in [0.717, 1.165) is 23.1 Å². The smallest absolute Gasteiger partial charge is 0.198 e. The fourth-order valence-corrected chi connectivity index (χ4v) is 3.69. The van der Waals surface area contributed by atoms with Gasteiger partial charge in [-0.3, -0.25) is 9.78 Å². The molecular weight excluding hydrogens is 262 g/mol. The summed E-state index contributed by atoms with van der Waals surface area (Å²) in [6, 6.07) is 11.8. The van der Waals surface area contributed by atoms with Crippen molar-refractivity contribution in [2.75, 3.05) is 0 Å². The number of epoxide rings is 1. The molecule has 0 radical (unpaired) electrons. The Kier molecular flexibility index (Phi) is 2.43. The standard InChI is InChI=1S/C18H17NO2/c1-17(2)11-18(15(20)13-5-3-4-6-14(13)17)16(21-18)12-7-9-19-10-8-12/h3-10,16H,11H2,1-2H3/t16-,18+/m1/s1. The first-order valence-corrected chi connectivity index (χ1v) is 7.27. The normalized spacial score (nSPS) is 29.2. The van der Waals surface area contributed by atoms with Crippen LogP contribution in [0.3, 0.4) is 0 Å². The summed E-state index contributed by atoms with van der Waals surface area (Å²) in [6.07, 6.45) is 4.08. The van der Waals surface area contributed by atoms with Crippen LogP contribution in [0.25, 0.3) is 0 Å². The molecule has 0 saturated carbocycles. The summed E-state index contributed by atoms with van der Waals surface area (Å²) in [4.78, 5) is 17.0. The number of ketones is 1. The summed E-state index contributed by atoms with van der Waals surface area (Å²) in [6.45, 7) is 4.37. The van der Waals surface area contributed by atoms with Gasteiger partial charge in [0, 0.05) is 18.0 Å². The van der Waals surface area contributed by atoms with Crippen molar-refractivity contribution in [3.05, 3.63) is 65.5 Å². The fourth-order valence-electron chi connectivity index (χ4n) is 3.69. The predicted octanol–water partition coefficient (Wildman–Crippen LogP) is 3.46. The molecule has 3 heteroatoms. The van der Waals surface area contributed by atoms with Crippen LogP contribution in [0.4, 0.5) is 0 Å². The van der Waals surface area contributed by atoms with Crippen molar-refractivity contribution >= 4 is 5.78 Å². The summed E-state index contributed by atoms with van der Waals surface area (Å²) >= 11 is 0. The number of hydrogen-bond donors (Lipinski definition) is 0. The van der Waals surface area contributed by atoms with E-state index in [4.69, 9.17) is 4.74 Å². The molecule has 4 rings (SSSR count). The van der Waals surface area contributed by atoms with Crippen molar-refractivity contribution in [3.8, 4) is 0 Å². The predicted molar refractivity (Wildman–Crippen MR) is 79.2 cm³/mol. The Morgan fingerprint density at radius 2 is 1.86 bits per heavy atom. The van der Waals surface area contributed by atoms with Crippen LogP contribution in [-0.4, -0.2) is 16.4 Å². The van der Waals surface area contributed by atoms with E-state index in [0.29, 0.717) is 0 Å². The largest absolute Gasteiger partial charge is 0.352 e. The van der Waals surface area contributed by atoms with Gasteiger partial charge >= 0.3 is 0 Å². The molecule has 0 bridgehead atoms.